The molecule has 0 spiro atoms. The van der Waals surface area contributed by atoms with Crippen molar-refractivity contribution in [1.29, 1.82) is 0 Å². The highest BCUT2D eigenvalue weighted by molar-refractivity contribution is 8.76. The van der Waals surface area contributed by atoms with Gasteiger partial charge in [-0.05, 0) is 0 Å². The van der Waals surface area contributed by atoms with Crippen LogP contribution in [0.25, 0.3) is 0 Å². The third-order valence-electron chi connectivity index (χ3n) is 3.62. The van der Waals surface area contributed by atoms with Crippen molar-refractivity contribution in [3.8, 4) is 0 Å². The van der Waals surface area contributed by atoms with Crippen LogP contribution in [0, 0.1) is 11.8 Å². The lowest BCUT2D eigenvalue weighted by atomic mass is 9.92. The number of aliphatic carboxylic acids is 2. The van der Waals surface area contributed by atoms with Gasteiger partial charge >= 0.3 is 11.9 Å². The summed E-state index contributed by atoms with van der Waals surface area (Å²) in [6.07, 6.45) is 0. The summed E-state index contributed by atoms with van der Waals surface area (Å²) >= 11 is 12.4. The minimum Gasteiger partial charge on any atom is -0.481 e. The lowest BCUT2D eigenvalue weighted by Gasteiger charge is -2.23. The van der Waals surface area contributed by atoms with Crippen LogP contribution in [0.5, 0.6) is 0 Å². The van der Waals surface area contributed by atoms with Crippen LogP contribution in [0.4, 0.5) is 0 Å². The van der Waals surface area contributed by atoms with Gasteiger partial charge in [-0.1, -0.05) is 57.8 Å². The molecule has 26 heavy (non-hydrogen) atoms. The molecule has 0 aromatic carbocycles. The van der Waals surface area contributed by atoms with Gasteiger partial charge in [-0.3, -0.25) is 19.3 Å². The summed E-state index contributed by atoms with van der Waals surface area (Å²) in [6, 6.07) is -1.10. The molecule has 2 saturated heterocycles. The van der Waals surface area contributed by atoms with E-state index in [9.17, 15) is 29.4 Å². The number of carboxylic acids is 2. The Bertz CT molecular complexity index is 582. The van der Waals surface area contributed by atoms with Crippen LogP contribution in [-0.4, -0.2) is 76.3 Å². The highest BCUT2D eigenvalue weighted by Crippen LogP contribution is 2.36. The number of rotatable bonds is 9. The first-order valence-corrected chi connectivity index (χ1v) is 12.4. The van der Waals surface area contributed by atoms with Crippen molar-refractivity contribution in [3.05, 3.63) is 0 Å². The number of thiocarbonyl (C=S) groups is 2. The Hall–Kier alpha value is -0.340. The maximum absolute atomic E-state index is 11.9. The molecule has 2 heterocycles. The van der Waals surface area contributed by atoms with E-state index in [-0.39, 0.29) is 39.0 Å². The summed E-state index contributed by atoms with van der Waals surface area (Å²) < 4.78 is 0.622. The van der Waals surface area contributed by atoms with E-state index in [1.165, 1.54) is 11.8 Å². The van der Waals surface area contributed by atoms with Gasteiger partial charge in [0.1, 0.15) is 10.4 Å². The van der Waals surface area contributed by atoms with Crippen molar-refractivity contribution >= 4 is 102 Å². The summed E-state index contributed by atoms with van der Waals surface area (Å²) in [7, 11) is 2.29. The van der Waals surface area contributed by atoms with E-state index >= 15 is 0 Å². The third kappa shape index (κ3) is 5.13. The number of hydrogen-bond donors (Lipinski definition) is 2. The molecule has 0 saturated carbocycles. The molecule has 2 fully saturated rings. The van der Waals surface area contributed by atoms with Gasteiger partial charge in [0.25, 0.3) is 0 Å². The van der Waals surface area contributed by atoms with Crippen molar-refractivity contribution in [2.75, 3.05) is 23.0 Å². The topological polar surface area (TPSA) is 112 Å². The first-order valence-electron chi connectivity index (χ1n) is 7.12. The Kier molecular flexibility index (Phi) is 8.22. The van der Waals surface area contributed by atoms with Crippen LogP contribution in [0.15, 0.2) is 0 Å². The number of carbonyl (C=O) groups excluding carboxylic acids is 2. The molecule has 13 heteroatoms. The highest BCUT2D eigenvalue weighted by Gasteiger charge is 2.41. The van der Waals surface area contributed by atoms with E-state index in [0.717, 1.165) is 38.2 Å². The molecule has 0 aliphatic carbocycles. The molecule has 2 aliphatic rings. The molecule has 0 radical (unpaired) electrons. The Balaban J connectivity index is 1.92. The van der Waals surface area contributed by atoms with Crippen molar-refractivity contribution in [3.63, 3.8) is 0 Å². The lowest BCUT2D eigenvalue weighted by Crippen LogP contribution is -2.45. The Morgan fingerprint density at radius 3 is 2.23 bits per heavy atom. The highest BCUT2D eigenvalue weighted by atomic mass is 33.1. The van der Waals surface area contributed by atoms with E-state index in [2.05, 4.69) is 0 Å². The van der Waals surface area contributed by atoms with E-state index in [0.29, 0.717) is 4.20 Å². The van der Waals surface area contributed by atoms with Crippen LogP contribution in [0.1, 0.15) is 0 Å². The van der Waals surface area contributed by atoms with Gasteiger partial charge in [0, 0.05) is 11.5 Å². The van der Waals surface area contributed by atoms with Crippen LogP contribution in [0.3, 0.4) is 0 Å². The normalized spacial score (nSPS) is 22.8. The maximum Gasteiger partial charge on any atom is 0.327 e. The standard InChI is InChI=1S/C13H13NO6S6/c15-7-3-23-12(21)9(7)5(10(17)18)1-25-26-2-6(11(19)20)14-8(16)4-24-13(14)22/h5-6,9H,1-4H2,(H,17,18)(H,19,20)/t5-,6-,9+/m1/s1. The number of carboxylic acid groups (broad SMARTS) is 2. The minimum atomic E-state index is -1.17. The Labute approximate surface area is 176 Å². The van der Waals surface area contributed by atoms with E-state index in [1.807, 2.05) is 0 Å². The number of hydrogen-bond acceptors (Lipinski definition) is 10. The fourth-order valence-corrected chi connectivity index (χ4v) is 7.38. The van der Waals surface area contributed by atoms with Gasteiger partial charge in [0.15, 0.2) is 5.78 Å². The molecule has 7 nitrogen and oxygen atoms in total. The molecular formula is C13H13NO6S6. The third-order valence-corrected chi connectivity index (χ3v) is 9.01. The minimum absolute atomic E-state index is 0.0522. The fraction of sp³-hybridized carbons (Fsp3) is 0.538. The van der Waals surface area contributed by atoms with E-state index in [1.54, 1.807) is 0 Å². The molecule has 0 aromatic heterocycles. The first-order chi connectivity index (χ1) is 12.2. The number of amides is 1. The second-order valence-electron chi connectivity index (χ2n) is 5.24. The predicted octanol–water partition coefficient (Wildman–Crippen LogP) is 1.64. The van der Waals surface area contributed by atoms with Crippen molar-refractivity contribution in [1.82, 2.24) is 4.90 Å². The smallest absolute Gasteiger partial charge is 0.327 e. The predicted molar refractivity (Wildman–Crippen MR) is 113 cm³/mol. The quantitative estimate of drug-likeness (QED) is 0.290. The molecule has 1 amide bonds. The van der Waals surface area contributed by atoms with Crippen molar-refractivity contribution in [2.45, 2.75) is 6.04 Å². The molecule has 3 atom stereocenters. The van der Waals surface area contributed by atoms with Gasteiger partial charge in [0.05, 0.1) is 27.5 Å². The monoisotopic (exact) mass is 471 g/mol. The zero-order valence-corrected chi connectivity index (χ0v) is 17.9. The van der Waals surface area contributed by atoms with E-state index < -0.39 is 29.8 Å². The molecular weight excluding hydrogens is 459 g/mol. The number of thioether (sulfide) groups is 2. The number of ketones is 1. The van der Waals surface area contributed by atoms with Gasteiger partial charge < -0.3 is 10.2 Å². The van der Waals surface area contributed by atoms with Gasteiger partial charge in [0.2, 0.25) is 5.91 Å². The molecule has 0 bridgehead atoms. The van der Waals surface area contributed by atoms with E-state index in [4.69, 9.17) is 24.4 Å². The molecule has 2 aliphatic heterocycles. The number of Topliss-reactive ketones (excluding diaryl/α,β-unsaturated/α-hetero) is 1. The molecule has 142 valence electrons. The fourth-order valence-electron chi connectivity index (χ4n) is 2.31. The molecule has 2 rings (SSSR count). The zero-order valence-electron chi connectivity index (χ0n) is 13.0. The van der Waals surface area contributed by atoms with Gasteiger partial charge in [-0.25, -0.2) is 4.79 Å². The Morgan fingerprint density at radius 1 is 1.12 bits per heavy atom. The summed E-state index contributed by atoms with van der Waals surface area (Å²) in [5.74, 6) is -4.08. The zero-order chi connectivity index (χ0) is 19.4. The average molecular weight is 472 g/mol. The summed E-state index contributed by atoms with van der Waals surface area (Å²) in [6.45, 7) is 0. The first kappa shape index (κ1) is 22.0. The Morgan fingerprint density at radius 2 is 1.77 bits per heavy atom. The summed E-state index contributed by atoms with van der Waals surface area (Å²) in [5.41, 5.74) is 0. The molecule has 2 N–H and O–H groups in total. The molecule has 0 unspecified atom stereocenters. The number of nitrogens with zero attached hydrogens (tertiary/aromatic N) is 1. The molecule has 0 aromatic rings. The number of carbonyl (C=O) groups is 4. The van der Waals surface area contributed by atoms with Crippen LogP contribution < -0.4 is 0 Å². The second-order valence-corrected chi connectivity index (χ2v) is 11.1. The lowest BCUT2D eigenvalue weighted by molar-refractivity contribution is -0.144. The van der Waals surface area contributed by atoms with Crippen molar-refractivity contribution in [2.24, 2.45) is 11.8 Å². The maximum atomic E-state index is 11.9. The van der Waals surface area contributed by atoms with Crippen LogP contribution in [-0.2, 0) is 19.2 Å². The van der Waals surface area contributed by atoms with Crippen molar-refractivity contribution < 1.29 is 29.4 Å². The van der Waals surface area contributed by atoms with Gasteiger partial charge in [-0.15, -0.1) is 11.8 Å². The second kappa shape index (κ2) is 9.73. The summed E-state index contributed by atoms with van der Waals surface area (Å²) in [5, 5.41) is 18.8. The average Bonchev–Trinajstić information content (AvgIpc) is 3.06. The summed E-state index contributed by atoms with van der Waals surface area (Å²) in [4.78, 5) is 47.8. The van der Waals surface area contributed by atoms with Gasteiger partial charge in [-0.2, -0.15) is 0 Å². The van der Waals surface area contributed by atoms with Crippen LogP contribution in [0.2, 0.25) is 0 Å². The largest absolute Gasteiger partial charge is 0.481 e. The SMILES string of the molecule is O=C1CSC(=S)[C@H]1[C@@H](CSSC[C@H](C(=O)O)N1C(=O)CSC1=S)C(=O)O. The van der Waals surface area contributed by atoms with Crippen LogP contribution >= 0.6 is 69.5 Å².